The Kier molecular flexibility index (Phi) is 3.76. The highest BCUT2D eigenvalue weighted by Crippen LogP contribution is 2.24. The third-order valence-corrected chi connectivity index (χ3v) is 2.68. The number of ether oxygens (including phenoxy) is 2. The van der Waals surface area contributed by atoms with Crippen molar-refractivity contribution in [3.8, 4) is 5.75 Å². The summed E-state index contributed by atoms with van der Waals surface area (Å²) in [7, 11) is 0. The number of benzene rings is 1. The van der Waals surface area contributed by atoms with Gasteiger partial charge in [-0.05, 0) is 25.0 Å². The van der Waals surface area contributed by atoms with Crippen molar-refractivity contribution in [1.82, 2.24) is 0 Å². The van der Waals surface area contributed by atoms with Crippen LogP contribution in [0.4, 0.5) is 8.78 Å². The fourth-order valence-electron chi connectivity index (χ4n) is 1.77. The van der Waals surface area contributed by atoms with Crippen LogP contribution in [0, 0.1) is 11.6 Å². The first kappa shape index (κ1) is 12.8. The van der Waals surface area contributed by atoms with Crippen LogP contribution in [0.3, 0.4) is 0 Å². The molecule has 1 N–H and O–H groups in total. The highest BCUT2D eigenvalue weighted by molar-refractivity contribution is 5.87. The predicted octanol–water partition coefficient (Wildman–Crippen LogP) is 2.22. The van der Waals surface area contributed by atoms with Crippen LogP contribution in [-0.4, -0.2) is 30.4 Å². The van der Waals surface area contributed by atoms with Crippen LogP contribution in [0.15, 0.2) is 12.1 Å². The monoisotopic (exact) mass is 258 g/mol. The molecule has 2 rings (SSSR count). The highest BCUT2D eigenvalue weighted by atomic mass is 19.1. The average molecular weight is 258 g/mol. The number of rotatable bonds is 4. The van der Waals surface area contributed by atoms with Gasteiger partial charge in [-0.3, -0.25) is 0 Å². The summed E-state index contributed by atoms with van der Waals surface area (Å²) in [6, 6.07) is 1.46. The van der Waals surface area contributed by atoms with E-state index in [1.165, 1.54) is 0 Å². The second-order valence-electron chi connectivity index (χ2n) is 4.02. The van der Waals surface area contributed by atoms with Crippen molar-refractivity contribution in [2.75, 3.05) is 13.2 Å². The van der Waals surface area contributed by atoms with Crippen LogP contribution < -0.4 is 4.74 Å². The maximum atomic E-state index is 13.5. The summed E-state index contributed by atoms with van der Waals surface area (Å²) >= 11 is 0. The summed E-state index contributed by atoms with van der Waals surface area (Å²) in [5.74, 6) is -4.00. The number of halogens is 2. The quantitative estimate of drug-likeness (QED) is 0.899. The SMILES string of the molecule is O=C(O)c1cc(F)c(OCC2CCCO2)c(F)c1. The molecule has 1 aromatic carbocycles. The largest absolute Gasteiger partial charge is 0.485 e. The van der Waals surface area contributed by atoms with Crippen LogP contribution in [0.2, 0.25) is 0 Å². The highest BCUT2D eigenvalue weighted by Gasteiger charge is 2.20. The minimum absolute atomic E-state index is 0.0558. The van der Waals surface area contributed by atoms with Crippen molar-refractivity contribution in [2.45, 2.75) is 18.9 Å². The maximum absolute atomic E-state index is 13.5. The lowest BCUT2D eigenvalue weighted by molar-refractivity contribution is 0.0645. The number of carbonyl (C=O) groups is 1. The van der Waals surface area contributed by atoms with Crippen molar-refractivity contribution in [1.29, 1.82) is 0 Å². The van der Waals surface area contributed by atoms with Crippen molar-refractivity contribution in [3.05, 3.63) is 29.3 Å². The summed E-state index contributed by atoms with van der Waals surface area (Å²) in [6.45, 7) is 0.678. The summed E-state index contributed by atoms with van der Waals surface area (Å²) < 4.78 is 37.2. The van der Waals surface area contributed by atoms with E-state index >= 15 is 0 Å². The number of carboxylic acid groups (broad SMARTS) is 1. The molecule has 1 aliphatic heterocycles. The van der Waals surface area contributed by atoms with Gasteiger partial charge in [0.05, 0.1) is 11.7 Å². The molecule has 1 fully saturated rings. The van der Waals surface area contributed by atoms with Gasteiger partial charge < -0.3 is 14.6 Å². The maximum Gasteiger partial charge on any atom is 0.335 e. The van der Waals surface area contributed by atoms with E-state index in [1.54, 1.807) is 0 Å². The fraction of sp³-hybridized carbons (Fsp3) is 0.417. The van der Waals surface area contributed by atoms with Gasteiger partial charge in [0.1, 0.15) is 6.61 Å². The Morgan fingerprint density at radius 3 is 2.61 bits per heavy atom. The van der Waals surface area contributed by atoms with Gasteiger partial charge in [-0.15, -0.1) is 0 Å². The Morgan fingerprint density at radius 1 is 1.44 bits per heavy atom. The molecule has 0 bridgehead atoms. The van der Waals surface area contributed by atoms with E-state index < -0.39 is 28.9 Å². The number of aromatic carboxylic acids is 1. The van der Waals surface area contributed by atoms with Crippen molar-refractivity contribution in [3.63, 3.8) is 0 Å². The molecule has 0 aromatic heterocycles. The Hall–Kier alpha value is -1.69. The number of hydrogen-bond acceptors (Lipinski definition) is 3. The Morgan fingerprint density at radius 2 is 2.11 bits per heavy atom. The third-order valence-electron chi connectivity index (χ3n) is 2.68. The van der Waals surface area contributed by atoms with Crippen molar-refractivity contribution in [2.24, 2.45) is 0 Å². The topological polar surface area (TPSA) is 55.8 Å². The molecular weight excluding hydrogens is 246 g/mol. The van der Waals surface area contributed by atoms with Gasteiger partial charge in [-0.1, -0.05) is 0 Å². The Balaban J connectivity index is 2.10. The molecule has 0 saturated carbocycles. The normalized spacial score (nSPS) is 18.9. The summed E-state index contributed by atoms with van der Waals surface area (Å²) in [5, 5.41) is 8.63. The van der Waals surface area contributed by atoms with Crippen LogP contribution >= 0.6 is 0 Å². The molecule has 98 valence electrons. The molecule has 0 radical (unpaired) electrons. The van der Waals surface area contributed by atoms with E-state index in [2.05, 4.69) is 0 Å². The zero-order valence-corrected chi connectivity index (χ0v) is 9.49. The summed E-state index contributed by atoms with van der Waals surface area (Å²) in [5.41, 5.74) is -0.450. The van der Waals surface area contributed by atoms with Gasteiger partial charge in [-0.2, -0.15) is 0 Å². The lowest BCUT2D eigenvalue weighted by atomic mass is 10.2. The van der Waals surface area contributed by atoms with Crippen LogP contribution in [0.25, 0.3) is 0 Å². The lowest BCUT2D eigenvalue weighted by Gasteiger charge is -2.12. The second kappa shape index (κ2) is 5.30. The average Bonchev–Trinajstić information content (AvgIpc) is 2.80. The van der Waals surface area contributed by atoms with Crippen LogP contribution in [0.1, 0.15) is 23.2 Å². The van der Waals surface area contributed by atoms with E-state index in [-0.39, 0.29) is 12.7 Å². The van der Waals surface area contributed by atoms with E-state index in [9.17, 15) is 13.6 Å². The first-order valence-electron chi connectivity index (χ1n) is 5.54. The van der Waals surface area contributed by atoms with Gasteiger partial charge in [0.25, 0.3) is 0 Å². The molecule has 0 aliphatic carbocycles. The van der Waals surface area contributed by atoms with E-state index in [0.717, 1.165) is 25.0 Å². The first-order valence-corrected chi connectivity index (χ1v) is 5.54. The summed E-state index contributed by atoms with van der Waals surface area (Å²) in [4.78, 5) is 10.6. The molecule has 1 heterocycles. The van der Waals surface area contributed by atoms with Gasteiger partial charge >= 0.3 is 5.97 Å². The summed E-state index contributed by atoms with van der Waals surface area (Å²) in [6.07, 6.45) is 1.52. The van der Waals surface area contributed by atoms with Gasteiger partial charge in [0, 0.05) is 6.61 Å². The smallest absolute Gasteiger partial charge is 0.335 e. The molecule has 18 heavy (non-hydrogen) atoms. The predicted molar refractivity (Wildman–Crippen MR) is 57.8 cm³/mol. The molecule has 0 amide bonds. The molecule has 1 aliphatic rings. The van der Waals surface area contributed by atoms with Gasteiger partial charge in [-0.25, -0.2) is 13.6 Å². The molecule has 4 nitrogen and oxygen atoms in total. The van der Waals surface area contributed by atoms with Crippen LogP contribution in [-0.2, 0) is 4.74 Å². The van der Waals surface area contributed by atoms with Crippen molar-refractivity contribution < 1.29 is 28.2 Å². The second-order valence-corrected chi connectivity index (χ2v) is 4.02. The number of hydrogen-bond donors (Lipinski definition) is 1. The van der Waals surface area contributed by atoms with Crippen molar-refractivity contribution >= 4 is 5.97 Å². The molecular formula is C12H12F2O4. The zero-order valence-electron chi connectivity index (χ0n) is 9.49. The lowest BCUT2D eigenvalue weighted by Crippen LogP contribution is -2.17. The van der Waals surface area contributed by atoms with Crippen LogP contribution in [0.5, 0.6) is 5.75 Å². The van der Waals surface area contributed by atoms with Gasteiger partial charge in [0.2, 0.25) is 0 Å². The molecule has 6 heteroatoms. The number of carboxylic acids is 1. The van der Waals surface area contributed by atoms with E-state index in [0.29, 0.717) is 6.61 Å². The Bertz CT molecular complexity index is 432. The minimum Gasteiger partial charge on any atom is -0.485 e. The molecule has 1 saturated heterocycles. The third kappa shape index (κ3) is 2.76. The fourth-order valence-corrected chi connectivity index (χ4v) is 1.77. The Labute approximate surface area is 102 Å². The standard InChI is InChI=1S/C12H12F2O4/c13-9-4-7(12(15)16)5-10(14)11(9)18-6-8-2-1-3-17-8/h4-5,8H,1-3,6H2,(H,15,16). The van der Waals surface area contributed by atoms with Gasteiger partial charge in [0.15, 0.2) is 17.4 Å². The molecule has 1 aromatic rings. The zero-order chi connectivity index (χ0) is 13.1. The molecule has 0 spiro atoms. The molecule has 1 atom stereocenters. The van der Waals surface area contributed by atoms with E-state index in [1.807, 2.05) is 0 Å². The van der Waals surface area contributed by atoms with E-state index in [4.69, 9.17) is 14.6 Å². The minimum atomic E-state index is -1.39. The first-order chi connectivity index (χ1) is 8.58. The molecule has 1 unspecified atom stereocenters.